The number of rotatable bonds is 5. The molecule has 0 aromatic heterocycles. The average Bonchev–Trinajstić information content (AvgIpc) is 2.96. The molecule has 1 unspecified atom stereocenters. The van der Waals surface area contributed by atoms with Crippen LogP contribution in [0.4, 0.5) is 0 Å². The van der Waals surface area contributed by atoms with Gasteiger partial charge in [0.1, 0.15) is 0 Å². The van der Waals surface area contributed by atoms with Crippen LogP contribution >= 0.6 is 0 Å². The van der Waals surface area contributed by atoms with Crippen molar-refractivity contribution in [2.75, 3.05) is 19.7 Å². The molecule has 0 saturated carbocycles. The average molecular weight is 275 g/mol. The number of ether oxygens (including phenoxy) is 1. The van der Waals surface area contributed by atoms with E-state index in [2.05, 4.69) is 0 Å². The van der Waals surface area contributed by atoms with E-state index in [1.54, 1.807) is 11.8 Å². The molecule has 0 radical (unpaired) electrons. The van der Waals surface area contributed by atoms with Gasteiger partial charge in [0.2, 0.25) is 5.91 Å². The molecule has 0 bridgehead atoms. The smallest absolute Gasteiger partial charge is 0.310 e. The first-order valence-corrected chi connectivity index (χ1v) is 7.19. The van der Waals surface area contributed by atoms with Gasteiger partial charge in [-0.05, 0) is 25.3 Å². The Morgan fingerprint density at radius 2 is 2.05 bits per heavy atom. The molecule has 4 nitrogen and oxygen atoms in total. The zero-order valence-corrected chi connectivity index (χ0v) is 11.9. The third-order valence-corrected chi connectivity index (χ3v) is 3.63. The molecule has 1 heterocycles. The van der Waals surface area contributed by atoms with Gasteiger partial charge in [-0.3, -0.25) is 9.59 Å². The number of nitrogens with zero attached hydrogens (tertiary/aromatic N) is 1. The van der Waals surface area contributed by atoms with Gasteiger partial charge in [-0.2, -0.15) is 0 Å². The highest BCUT2D eigenvalue weighted by molar-refractivity contribution is 5.79. The lowest BCUT2D eigenvalue weighted by molar-refractivity contribution is -0.147. The van der Waals surface area contributed by atoms with E-state index in [-0.39, 0.29) is 17.8 Å². The standard InChI is InChI=1S/C16H21NO3/c1-2-20-16(19)14-10-11-17(12-14)15(18)9-8-13-6-4-3-5-7-13/h3-7,14H,2,8-12H2,1H3. The summed E-state index contributed by atoms with van der Waals surface area (Å²) in [5.74, 6) is -0.192. The Labute approximate surface area is 119 Å². The number of aryl methyl sites for hydroxylation is 1. The minimum Gasteiger partial charge on any atom is -0.466 e. The predicted molar refractivity (Wildman–Crippen MR) is 76.1 cm³/mol. The Morgan fingerprint density at radius 1 is 1.30 bits per heavy atom. The van der Waals surface area contributed by atoms with E-state index in [1.807, 2.05) is 30.3 Å². The van der Waals surface area contributed by atoms with Crippen LogP contribution in [0.25, 0.3) is 0 Å². The fourth-order valence-corrected chi connectivity index (χ4v) is 2.49. The molecule has 1 amide bonds. The first-order valence-electron chi connectivity index (χ1n) is 7.19. The van der Waals surface area contributed by atoms with Crippen molar-refractivity contribution in [1.82, 2.24) is 4.90 Å². The Morgan fingerprint density at radius 3 is 2.75 bits per heavy atom. The van der Waals surface area contributed by atoms with Crippen LogP contribution in [-0.2, 0) is 20.7 Å². The largest absolute Gasteiger partial charge is 0.466 e. The summed E-state index contributed by atoms with van der Waals surface area (Å²) in [5, 5.41) is 0. The number of carbonyl (C=O) groups is 2. The molecule has 0 aliphatic carbocycles. The molecule has 1 aliphatic rings. The highest BCUT2D eigenvalue weighted by Crippen LogP contribution is 2.19. The van der Waals surface area contributed by atoms with Crippen molar-refractivity contribution < 1.29 is 14.3 Å². The van der Waals surface area contributed by atoms with E-state index in [1.165, 1.54) is 5.56 Å². The normalized spacial score (nSPS) is 18.1. The Kier molecular flexibility index (Phi) is 5.16. The second-order valence-corrected chi connectivity index (χ2v) is 5.06. The molecule has 108 valence electrons. The number of carbonyl (C=O) groups excluding carboxylic acids is 2. The second-order valence-electron chi connectivity index (χ2n) is 5.06. The zero-order valence-electron chi connectivity index (χ0n) is 11.9. The summed E-state index contributed by atoms with van der Waals surface area (Å²) < 4.78 is 5.01. The first-order chi connectivity index (χ1) is 9.70. The van der Waals surface area contributed by atoms with E-state index >= 15 is 0 Å². The number of likely N-dealkylation sites (tertiary alicyclic amines) is 1. The summed E-state index contributed by atoms with van der Waals surface area (Å²) in [6.45, 7) is 3.37. The lowest BCUT2D eigenvalue weighted by Crippen LogP contribution is -2.30. The molecule has 0 spiro atoms. The summed E-state index contributed by atoms with van der Waals surface area (Å²) in [4.78, 5) is 25.5. The number of hydrogen-bond acceptors (Lipinski definition) is 3. The van der Waals surface area contributed by atoms with Crippen LogP contribution in [0.2, 0.25) is 0 Å². The lowest BCUT2D eigenvalue weighted by atomic mass is 10.1. The van der Waals surface area contributed by atoms with E-state index in [0.717, 1.165) is 12.8 Å². The van der Waals surface area contributed by atoms with Crippen molar-refractivity contribution in [3.05, 3.63) is 35.9 Å². The Hall–Kier alpha value is -1.84. The van der Waals surface area contributed by atoms with E-state index in [4.69, 9.17) is 4.74 Å². The number of esters is 1. The van der Waals surface area contributed by atoms with Crippen LogP contribution in [0.3, 0.4) is 0 Å². The molecule has 1 aromatic carbocycles. The van der Waals surface area contributed by atoms with Crippen LogP contribution in [0.5, 0.6) is 0 Å². The molecule has 1 aliphatic heterocycles. The van der Waals surface area contributed by atoms with Gasteiger partial charge >= 0.3 is 5.97 Å². The Bertz CT molecular complexity index is 458. The van der Waals surface area contributed by atoms with Crippen LogP contribution in [0.15, 0.2) is 30.3 Å². The second kappa shape index (κ2) is 7.08. The molecule has 4 heteroatoms. The highest BCUT2D eigenvalue weighted by Gasteiger charge is 2.31. The van der Waals surface area contributed by atoms with Crippen molar-refractivity contribution in [1.29, 1.82) is 0 Å². The fraction of sp³-hybridized carbons (Fsp3) is 0.500. The predicted octanol–water partition coefficient (Wildman–Crippen LogP) is 2.03. The van der Waals surface area contributed by atoms with Gasteiger partial charge < -0.3 is 9.64 Å². The maximum atomic E-state index is 12.1. The molecule has 1 atom stereocenters. The summed E-state index contributed by atoms with van der Waals surface area (Å²) in [7, 11) is 0. The number of hydrogen-bond donors (Lipinski definition) is 0. The zero-order chi connectivity index (χ0) is 14.4. The summed E-state index contributed by atoms with van der Waals surface area (Å²) in [6, 6.07) is 9.98. The molecular weight excluding hydrogens is 254 g/mol. The van der Waals surface area contributed by atoms with Gasteiger partial charge in [-0.15, -0.1) is 0 Å². The number of amides is 1. The molecule has 1 saturated heterocycles. The summed E-state index contributed by atoms with van der Waals surface area (Å²) >= 11 is 0. The third kappa shape index (κ3) is 3.83. The summed E-state index contributed by atoms with van der Waals surface area (Å²) in [6.07, 6.45) is 1.97. The van der Waals surface area contributed by atoms with Crippen LogP contribution in [-0.4, -0.2) is 36.5 Å². The molecule has 2 rings (SSSR count). The molecular formula is C16H21NO3. The van der Waals surface area contributed by atoms with Crippen LogP contribution < -0.4 is 0 Å². The maximum Gasteiger partial charge on any atom is 0.310 e. The first kappa shape index (κ1) is 14.6. The van der Waals surface area contributed by atoms with E-state index in [0.29, 0.717) is 26.1 Å². The molecule has 20 heavy (non-hydrogen) atoms. The van der Waals surface area contributed by atoms with Gasteiger partial charge in [0.15, 0.2) is 0 Å². The van der Waals surface area contributed by atoms with Crippen LogP contribution in [0, 0.1) is 5.92 Å². The Balaban J connectivity index is 1.78. The van der Waals surface area contributed by atoms with Crippen molar-refractivity contribution in [2.45, 2.75) is 26.2 Å². The summed E-state index contributed by atoms with van der Waals surface area (Å²) in [5.41, 5.74) is 1.17. The fourth-order valence-electron chi connectivity index (χ4n) is 2.49. The van der Waals surface area contributed by atoms with Crippen molar-refractivity contribution in [2.24, 2.45) is 5.92 Å². The molecule has 0 N–H and O–H groups in total. The van der Waals surface area contributed by atoms with Gasteiger partial charge in [0.25, 0.3) is 0 Å². The SMILES string of the molecule is CCOC(=O)C1CCN(C(=O)CCc2ccccc2)C1. The molecule has 1 fully saturated rings. The van der Waals surface area contributed by atoms with Gasteiger partial charge in [-0.1, -0.05) is 30.3 Å². The van der Waals surface area contributed by atoms with E-state index in [9.17, 15) is 9.59 Å². The van der Waals surface area contributed by atoms with Crippen LogP contribution in [0.1, 0.15) is 25.3 Å². The topological polar surface area (TPSA) is 46.6 Å². The maximum absolute atomic E-state index is 12.1. The van der Waals surface area contributed by atoms with Crippen molar-refractivity contribution in [3.63, 3.8) is 0 Å². The third-order valence-electron chi connectivity index (χ3n) is 3.63. The number of benzene rings is 1. The van der Waals surface area contributed by atoms with Crippen molar-refractivity contribution in [3.8, 4) is 0 Å². The monoisotopic (exact) mass is 275 g/mol. The molecule has 1 aromatic rings. The van der Waals surface area contributed by atoms with E-state index < -0.39 is 0 Å². The van der Waals surface area contributed by atoms with Gasteiger partial charge in [-0.25, -0.2) is 0 Å². The van der Waals surface area contributed by atoms with Gasteiger partial charge in [0.05, 0.1) is 12.5 Å². The highest BCUT2D eigenvalue weighted by atomic mass is 16.5. The van der Waals surface area contributed by atoms with Gasteiger partial charge in [0, 0.05) is 19.5 Å². The quantitative estimate of drug-likeness (QED) is 0.772. The lowest BCUT2D eigenvalue weighted by Gasteiger charge is -2.16. The van der Waals surface area contributed by atoms with Crippen molar-refractivity contribution >= 4 is 11.9 Å². The minimum atomic E-state index is -0.175. The minimum absolute atomic E-state index is 0.126.